The average molecular weight is 723 g/mol. The number of carbonyl (C=O) groups is 4. The Labute approximate surface area is 285 Å². The van der Waals surface area contributed by atoms with Gasteiger partial charge in [-0.1, -0.05) is 28.1 Å². The molecule has 21 heteroatoms. The van der Waals surface area contributed by atoms with Crippen LogP contribution in [-0.4, -0.2) is 98.0 Å². The molecule has 18 nitrogen and oxygen atoms in total. The Balaban J connectivity index is 1.40. The van der Waals surface area contributed by atoms with Crippen molar-refractivity contribution in [2.75, 3.05) is 37.7 Å². The first kappa shape index (κ1) is 34.8. The first-order chi connectivity index (χ1) is 23.0. The number of thiazole rings is 1. The van der Waals surface area contributed by atoms with Crippen LogP contribution in [0.5, 0.6) is 0 Å². The van der Waals surface area contributed by atoms with Gasteiger partial charge in [-0.15, -0.1) is 11.8 Å². The molecule has 1 fully saturated rings. The highest BCUT2D eigenvalue weighted by molar-refractivity contribution is 8.00. The number of carboxylic acid groups (broad SMARTS) is 2. The Morgan fingerprint density at radius 1 is 1.35 bits per heavy atom. The molecule has 2 aliphatic rings. The Morgan fingerprint density at radius 3 is 2.77 bits per heavy atom. The molecule has 5 heterocycles. The molecule has 0 radical (unpaired) electrons. The molecular formula is C27H31ClN10O8S2. The quantitative estimate of drug-likeness (QED) is 0.0411. The lowest BCUT2D eigenvalue weighted by Gasteiger charge is -2.50. The van der Waals surface area contributed by atoms with E-state index >= 15 is 0 Å². The van der Waals surface area contributed by atoms with Crippen molar-refractivity contribution in [2.45, 2.75) is 44.0 Å². The molecule has 0 saturated carbocycles. The molecule has 0 spiro atoms. The molecule has 0 bridgehead atoms. The number of imidazole rings is 1. The number of anilines is 2. The lowest BCUT2D eigenvalue weighted by Crippen LogP contribution is -2.71. The van der Waals surface area contributed by atoms with E-state index in [1.807, 2.05) is 23.7 Å². The number of aliphatic carboxylic acids is 2. The summed E-state index contributed by atoms with van der Waals surface area (Å²) >= 11 is 8.27. The summed E-state index contributed by atoms with van der Waals surface area (Å²) in [6.07, 6.45) is 1.14. The lowest BCUT2D eigenvalue weighted by atomic mass is 10.0. The van der Waals surface area contributed by atoms with E-state index in [0.29, 0.717) is 23.7 Å². The monoisotopic (exact) mass is 722 g/mol. The van der Waals surface area contributed by atoms with Gasteiger partial charge in [0.05, 0.1) is 25.0 Å². The highest BCUT2D eigenvalue weighted by atomic mass is 35.5. The summed E-state index contributed by atoms with van der Waals surface area (Å²) in [6, 6.07) is 2.54. The highest BCUT2D eigenvalue weighted by Crippen LogP contribution is 2.40. The van der Waals surface area contributed by atoms with E-state index in [-0.39, 0.29) is 33.2 Å². The Bertz CT molecular complexity index is 1830. The van der Waals surface area contributed by atoms with Crippen LogP contribution in [0.1, 0.15) is 19.0 Å². The predicted molar refractivity (Wildman–Crippen MR) is 172 cm³/mol. The molecule has 5 rings (SSSR count). The van der Waals surface area contributed by atoms with Crippen molar-refractivity contribution < 1.29 is 43.6 Å². The molecule has 48 heavy (non-hydrogen) atoms. The zero-order valence-corrected chi connectivity index (χ0v) is 28.1. The number of pyridine rings is 1. The van der Waals surface area contributed by atoms with Crippen LogP contribution in [0.25, 0.3) is 11.2 Å². The van der Waals surface area contributed by atoms with E-state index in [2.05, 4.69) is 31.2 Å². The topological polar surface area (TPSA) is 242 Å². The molecule has 256 valence electrons. The highest BCUT2D eigenvalue weighted by Gasteiger charge is 2.53. The number of oxime groups is 1. The van der Waals surface area contributed by atoms with Gasteiger partial charge in [-0.05, 0) is 39.1 Å². The van der Waals surface area contributed by atoms with Crippen molar-refractivity contribution in [2.24, 2.45) is 5.16 Å². The maximum atomic E-state index is 13.4. The third kappa shape index (κ3) is 6.88. The third-order valence-electron chi connectivity index (χ3n) is 7.36. The van der Waals surface area contributed by atoms with Crippen molar-refractivity contribution >= 4 is 86.4 Å². The van der Waals surface area contributed by atoms with Gasteiger partial charge in [0.15, 0.2) is 10.8 Å². The summed E-state index contributed by atoms with van der Waals surface area (Å²) in [5.74, 6) is -3.90. The number of halogens is 1. The van der Waals surface area contributed by atoms with Gasteiger partial charge in [-0.25, -0.2) is 19.8 Å². The van der Waals surface area contributed by atoms with Crippen molar-refractivity contribution in [1.29, 1.82) is 0 Å². The normalized spacial score (nSPS) is 18.4. The smallest absolute Gasteiger partial charge is 0.351 e. The minimum Gasteiger partial charge on any atom is -0.543 e. The number of nitrogen functional groups attached to an aromatic ring is 1. The van der Waals surface area contributed by atoms with E-state index in [0.717, 1.165) is 34.7 Å². The number of nitrogens with zero attached hydrogens (tertiary/aromatic N) is 6. The minimum atomic E-state index is -1.55. The van der Waals surface area contributed by atoms with Gasteiger partial charge in [0.2, 0.25) is 6.10 Å². The van der Waals surface area contributed by atoms with Crippen molar-refractivity contribution in [3.8, 4) is 0 Å². The number of carboxylic acids is 2. The van der Waals surface area contributed by atoms with Crippen molar-refractivity contribution in [1.82, 2.24) is 30.1 Å². The summed E-state index contributed by atoms with van der Waals surface area (Å²) < 4.78 is 3.71. The van der Waals surface area contributed by atoms with Gasteiger partial charge < -0.3 is 36.2 Å². The van der Waals surface area contributed by atoms with Crippen LogP contribution in [0.2, 0.25) is 4.34 Å². The molecule has 3 aromatic heterocycles. The number of amides is 2. The van der Waals surface area contributed by atoms with Crippen LogP contribution < -0.4 is 31.5 Å². The SMILES string of the molecule is CNCCCn1c(NOC)nc2c1ccc[n+]2CC1=C(C(=O)[O-])N2C(=O)[C@@H](NC(=O)/C(=N\O[C@@H](C)C(=O)O)c3nc(N)sc3Cl)C2SC1. The Hall–Kier alpha value is -4.50. The number of carbonyl (C=O) groups excluding carboxylic acids is 3. The molecule has 0 aliphatic carbocycles. The molecular weight excluding hydrogens is 692 g/mol. The van der Waals surface area contributed by atoms with Crippen LogP contribution >= 0.6 is 34.7 Å². The van der Waals surface area contributed by atoms with Gasteiger partial charge in [-0.2, -0.15) is 0 Å². The second-order valence-electron chi connectivity index (χ2n) is 10.5. The number of aryl methyl sites for hydroxylation is 1. The van der Waals surface area contributed by atoms with Crippen LogP contribution in [0.4, 0.5) is 11.1 Å². The fraction of sp³-hybridized carbons (Fsp3) is 0.407. The van der Waals surface area contributed by atoms with Gasteiger partial charge in [-0.3, -0.25) is 23.9 Å². The van der Waals surface area contributed by atoms with Crippen molar-refractivity contribution in [3.63, 3.8) is 0 Å². The maximum Gasteiger partial charge on any atom is 0.351 e. The van der Waals surface area contributed by atoms with Gasteiger partial charge >= 0.3 is 17.6 Å². The van der Waals surface area contributed by atoms with Gasteiger partial charge in [0.1, 0.15) is 33.5 Å². The summed E-state index contributed by atoms with van der Waals surface area (Å²) in [4.78, 5) is 70.3. The van der Waals surface area contributed by atoms with Crippen molar-refractivity contribution in [3.05, 3.63) is 39.6 Å². The lowest BCUT2D eigenvalue weighted by molar-refractivity contribution is -0.664. The standard InChI is InChI=1S/C27H31ClN10O8S2/c1-12(24(41)42)46-34-16(15-19(28)48-26(29)32-15)21(39)31-17-22(40)38-18(25(43)44)13(11-47-23(17)38)10-36-8-4-6-14-20(36)33-27(35-45-3)37(14)9-5-7-30-2/h4,6,8,12,17,23,30H,5,7,9-11H2,1-3H3,(H5,29,31,32,39,41,42,43,44)/b34-16-/t12-,17+,23?/m0/s1. The average Bonchev–Trinajstić information content (AvgIpc) is 3.57. The number of hydrogen-bond acceptors (Lipinski definition) is 15. The summed E-state index contributed by atoms with van der Waals surface area (Å²) in [7, 11) is 3.34. The number of nitrogens with one attached hydrogen (secondary N) is 3. The number of rotatable bonds is 15. The van der Waals surface area contributed by atoms with E-state index in [1.165, 1.54) is 25.8 Å². The number of thioether (sulfide) groups is 1. The second-order valence-corrected chi connectivity index (χ2v) is 13.2. The van der Waals surface area contributed by atoms with E-state index in [9.17, 15) is 24.3 Å². The molecule has 2 amide bonds. The molecule has 1 unspecified atom stereocenters. The number of aromatic nitrogens is 4. The number of nitrogens with two attached hydrogens (primary N) is 1. The third-order valence-corrected chi connectivity index (χ3v) is 9.78. The molecule has 6 N–H and O–H groups in total. The molecule has 3 atom stereocenters. The van der Waals surface area contributed by atoms with Gasteiger partial charge in [0.25, 0.3) is 11.8 Å². The Kier molecular flexibility index (Phi) is 10.7. The summed E-state index contributed by atoms with van der Waals surface area (Å²) in [5.41, 5.74) is 9.27. The first-order valence-corrected chi connectivity index (χ1v) is 16.6. The summed E-state index contributed by atoms with van der Waals surface area (Å²) in [6.45, 7) is 2.69. The fourth-order valence-corrected chi connectivity index (χ4v) is 7.38. The minimum absolute atomic E-state index is 0.00656. The first-order valence-electron chi connectivity index (χ1n) is 14.4. The van der Waals surface area contributed by atoms with Crippen LogP contribution in [0.3, 0.4) is 0 Å². The maximum absolute atomic E-state index is 13.4. The van der Waals surface area contributed by atoms with Crippen LogP contribution in [0.15, 0.2) is 34.8 Å². The summed E-state index contributed by atoms with van der Waals surface area (Å²) in [5, 5.41) is 30.1. The molecule has 0 aromatic carbocycles. The largest absolute Gasteiger partial charge is 0.543 e. The van der Waals surface area contributed by atoms with Crippen LogP contribution in [-0.2, 0) is 41.9 Å². The van der Waals surface area contributed by atoms with Crippen LogP contribution in [0, 0.1) is 0 Å². The van der Waals surface area contributed by atoms with Gasteiger partial charge in [0, 0.05) is 22.9 Å². The number of hydrogen-bond donors (Lipinski definition) is 5. The van der Waals surface area contributed by atoms with E-state index < -0.39 is 47.0 Å². The molecule has 1 saturated heterocycles. The zero-order chi connectivity index (χ0) is 34.7. The van der Waals surface area contributed by atoms with E-state index in [1.54, 1.807) is 10.8 Å². The molecule has 2 aliphatic heterocycles. The fourth-order valence-electron chi connectivity index (χ4n) is 5.12. The number of fused-ring (bicyclic) bond motifs is 2. The Morgan fingerprint density at radius 2 is 2.12 bits per heavy atom. The second kappa shape index (κ2) is 14.7. The molecule has 3 aromatic rings. The predicted octanol–water partition coefficient (Wildman–Crippen LogP) is -1.10. The zero-order valence-electron chi connectivity index (χ0n) is 25.8. The number of β-lactam (4-membered cyclic amide) rings is 1. The van der Waals surface area contributed by atoms with E-state index in [4.69, 9.17) is 32.1 Å².